The van der Waals surface area contributed by atoms with Crippen LogP contribution in [0.2, 0.25) is 0 Å². The highest BCUT2D eigenvalue weighted by atomic mass is 19.4. The quantitative estimate of drug-likeness (QED) is 0.766. The van der Waals surface area contributed by atoms with Crippen molar-refractivity contribution >= 4 is 11.8 Å². The van der Waals surface area contributed by atoms with Gasteiger partial charge in [-0.15, -0.1) is 0 Å². The van der Waals surface area contributed by atoms with Gasteiger partial charge >= 0.3 is 6.18 Å². The zero-order valence-corrected chi connectivity index (χ0v) is 16.4. The zero-order chi connectivity index (χ0) is 21.3. The van der Waals surface area contributed by atoms with Crippen LogP contribution in [0.4, 0.5) is 13.2 Å². The molecule has 1 N–H and O–H groups in total. The normalized spacial score (nSPS) is 21.0. The molecule has 1 saturated heterocycles. The summed E-state index contributed by atoms with van der Waals surface area (Å²) in [6, 6.07) is 13.1. The van der Waals surface area contributed by atoms with E-state index in [4.69, 9.17) is 0 Å². The maximum atomic E-state index is 13.2. The van der Waals surface area contributed by atoms with Crippen LogP contribution in [0.1, 0.15) is 47.4 Å². The molecule has 1 heterocycles. The first-order valence-electron chi connectivity index (χ1n) is 10.1. The van der Waals surface area contributed by atoms with Gasteiger partial charge in [-0.1, -0.05) is 42.5 Å². The maximum Gasteiger partial charge on any atom is 0.416 e. The predicted molar refractivity (Wildman–Crippen MR) is 105 cm³/mol. The summed E-state index contributed by atoms with van der Waals surface area (Å²) in [7, 11) is 0. The number of alkyl halides is 3. The standard InChI is InChI=1S/C23H23F3N2O2/c24-23(25,26)20-8-2-1-7-17(20)18-12-19(18)22(30)27-13-15-5-3-6-16(11-15)14-28-10-4-9-21(28)29/h1-3,5-8,11,18-19H,4,9-10,12-14H2,(H,27,30). The topological polar surface area (TPSA) is 49.4 Å². The summed E-state index contributed by atoms with van der Waals surface area (Å²) in [5, 5.41) is 2.85. The van der Waals surface area contributed by atoms with E-state index in [1.807, 2.05) is 29.2 Å². The van der Waals surface area contributed by atoms with Crippen molar-refractivity contribution < 1.29 is 22.8 Å². The summed E-state index contributed by atoms with van der Waals surface area (Å²) in [5.41, 5.74) is 1.44. The Morgan fingerprint density at radius 1 is 1.10 bits per heavy atom. The molecule has 2 amide bonds. The molecule has 4 rings (SSSR count). The number of likely N-dealkylation sites (tertiary alicyclic amines) is 1. The first kappa shape index (κ1) is 20.4. The molecule has 2 atom stereocenters. The summed E-state index contributed by atoms with van der Waals surface area (Å²) in [4.78, 5) is 26.1. The van der Waals surface area contributed by atoms with Crippen molar-refractivity contribution in [1.29, 1.82) is 0 Å². The van der Waals surface area contributed by atoms with E-state index in [1.54, 1.807) is 6.07 Å². The molecule has 0 radical (unpaired) electrons. The van der Waals surface area contributed by atoms with E-state index in [0.29, 0.717) is 25.9 Å². The Morgan fingerprint density at radius 2 is 1.87 bits per heavy atom. The van der Waals surface area contributed by atoms with E-state index in [1.165, 1.54) is 12.1 Å². The van der Waals surface area contributed by atoms with Crippen LogP contribution in [0.25, 0.3) is 0 Å². The third-order valence-electron chi connectivity index (χ3n) is 5.80. The van der Waals surface area contributed by atoms with Crippen molar-refractivity contribution in [2.45, 2.75) is 44.4 Å². The summed E-state index contributed by atoms with van der Waals surface area (Å²) in [6.45, 7) is 1.63. The number of nitrogens with zero attached hydrogens (tertiary/aromatic N) is 1. The molecule has 1 aliphatic carbocycles. The molecule has 0 bridgehead atoms. The Morgan fingerprint density at radius 3 is 2.60 bits per heavy atom. The number of hydrogen-bond donors (Lipinski definition) is 1. The lowest BCUT2D eigenvalue weighted by molar-refractivity contribution is -0.138. The molecular formula is C23H23F3N2O2. The molecule has 2 aliphatic rings. The molecule has 2 unspecified atom stereocenters. The Kier molecular flexibility index (Phi) is 5.54. The van der Waals surface area contributed by atoms with Gasteiger partial charge in [-0.2, -0.15) is 13.2 Å². The number of carbonyl (C=O) groups is 2. The lowest BCUT2D eigenvalue weighted by Crippen LogP contribution is -2.26. The smallest absolute Gasteiger partial charge is 0.352 e. The van der Waals surface area contributed by atoms with Gasteiger partial charge in [0.15, 0.2) is 0 Å². The highest BCUT2D eigenvalue weighted by Crippen LogP contribution is 2.51. The molecule has 0 spiro atoms. The molecule has 4 nitrogen and oxygen atoms in total. The highest BCUT2D eigenvalue weighted by molar-refractivity contribution is 5.83. The van der Waals surface area contributed by atoms with Crippen molar-refractivity contribution in [3.63, 3.8) is 0 Å². The minimum atomic E-state index is -4.42. The largest absolute Gasteiger partial charge is 0.416 e. The average Bonchev–Trinajstić information content (AvgIpc) is 3.43. The van der Waals surface area contributed by atoms with Crippen LogP contribution in [0.15, 0.2) is 48.5 Å². The minimum Gasteiger partial charge on any atom is -0.352 e. The first-order chi connectivity index (χ1) is 14.3. The van der Waals surface area contributed by atoms with Crippen LogP contribution in [0.5, 0.6) is 0 Å². The molecule has 0 aromatic heterocycles. The molecule has 30 heavy (non-hydrogen) atoms. The van der Waals surface area contributed by atoms with Crippen LogP contribution in [0.3, 0.4) is 0 Å². The van der Waals surface area contributed by atoms with E-state index >= 15 is 0 Å². The van der Waals surface area contributed by atoms with Crippen LogP contribution in [-0.2, 0) is 28.9 Å². The molecule has 2 aromatic carbocycles. The third kappa shape index (κ3) is 4.50. The SMILES string of the molecule is O=C(NCc1cccc(CN2CCCC2=O)c1)C1CC1c1ccccc1C(F)(F)F. The van der Waals surface area contributed by atoms with Crippen molar-refractivity contribution in [2.24, 2.45) is 5.92 Å². The van der Waals surface area contributed by atoms with Gasteiger partial charge in [-0.3, -0.25) is 9.59 Å². The van der Waals surface area contributed by atoms with E-state index in [9.17, 15) is 22.8 Å². The fourth-order valence-corrected chi connectivity index (χ4v) is 4.16. The van der Waals surface area contributed by atoms with Gasteiger partial charge in [0.05, 0.1) is 5.56 Å². The van der Waals surface area contributed by atoms with Crippen molar-refractivity contribution in [2.75, 3.05) is 6.54 Å². The number of hydrogen-bond acceptors (Lipinski definition) is 2. The summed E-state index contributed by atoms with van der Waals surface area (Å²) >= 11 is 0. The second-order valence-corrected chi connectivity index (χ2v) is 7.99. The molecular weight excluding hydrogens is 393 g/mol. The number of amides is 2. The monoisotopic (exact) mass is 416 g/mol. The molecule has 158 valence electrons. The Labute approximate surface area is 173 Å². The van der Waals surface area contributed by atoms with E-state index < -0.39 is 23.6 Å². The number of nitrogens with one attached hydrogen (secondary N) is 1. The second kappa shape index (κ2) is 8.13. The first-order valence-corrected chi connectivity index (χ1v) is 10.1. The van der Waals surface area contributed by atoms with E-state index in [-0.39, 0.29) is 17.4 Å². The van der Waals surface area contributed by atoms with Gasteiger partial charge in [-0.25, -0.2) is 0 Å². The van der Waals surface area contributed by atoms with Gasteiger partial charge < -0.3 is 10.2 Å². The number of halogens is 3. The van der Waals surface area contributed by atoms with Crippen LogP contribution >= 0.6 is 0 Å². The minimum absolute atomic E-state index is 0.160. The number of carbonyl (C=O) groups excluding carboxylic acids is 2. The van der Waals surface area contributed by atoms with Crippen LogP contribution < -0.4 is 5.32 Å². The lowest BCUT2D eigenvalue weighted by Gasteiger charge is -2.16. The maximum absolute atomic E-state index is 13.2. The van der Waals surface area contributed by atoms with Gasteiger partial charge in [-0.05, 0) is 41.5 Å². The molecule has 2 fully saturated rings. The van der Waals surface area contributed by atoms with Crippen molar-refractivity contribution in [3.8, 4) is 0 Å². The van der Waals surface area contributed by atoms with Gasteiger partial charge in [0.1, 0.15) is 0 Å². The average molecular weight is 416 g/mol. The van der Waals surface area contributed by atoms with Gasteiger partial charge in [0.2, 0.25) is 11.8 Å². The fraction of sp³-hybridized carbons (Fsp3) is 0.391. The predicted octanol–water partition coefficient (Wildman–Crippen LogP) is 4.25. The fourth-order valence-electron chi connectivity index (χ4n) is 4.16. The lowest BCUT2D eigenvalue weighted by atomic mass is 10.0. The zero-order valence-electron chi connectivity index (χ0n) is 16.4. The Bertz CT molecular complexity index is 957. The number of benzene rings is 2. The summed E-state index contributed by atoms with van der Waals surface area (Å²) in [5.74, 6) is -0.890. The van der Waals surface area contributed by atoms with E-state index in [2.05, 4.69) is 5.32 Å². The second-order valence-electron chi connectivity index (χ2n) is 7.99. The summed E-state index contributed by atoms with van der Waals surface area (Å²) < 4.78 is 39.6. The number of rotatable bonds is 6. The van der Waals surface area contributed by atoms with E-state index in [0.717, 1.165) is 30.2 Å². The van der Waals surface area contributed by atoms with Crippen molar-refractivity contribution in [3.05, 3.63) is 70.8 Å². The van der Waals surface area contributed by atoms with Crippen molar-refractivity contribution in [1.82, 2.24) is 10.2 Å². The molecule has 2 aromatic rings. The van der Waals surface area contributed by atoms with Crippen LogP contribution in [0, 0.1) is 5.92 Å². The third-order valence-corrected chi connectivity index (χ3v) is 5.80. The molecule has 1 saturated carbocycles. The summed E-state index contributed by atoms with van der Waals surface area (Å²) in [6.07, 6.45) is -2.52. The Balaban J connectivity index is 1.34. The van der Waals surface area contributed by atoms with Crippen LogP contribution in [-0.4, -0.2) is 23.3 Å². The molecule has 7 heteroatoms. The Hall–Kier alpha value is -2.83. The van der Waals surface area contributed by atoms with Gasteiger partial charge in [0, 0.05) is 32.0 Å². The molecule has 1 aliphatic heterocycles. The van der Waals surface area contributed by atoms with Gasteiger partial charge in [0.25, 0.3) is 0 Å². The highest BCUT2D eigenvalue weighted by Gasteiger charge is 2.47.